The predicted octanol–water partition coefficient (Wildman–Crippen LogP) is 3.78. The van der Waals surface area contributed by atoms with E-state index in [1.54, 1.807) is 6.20 Å². The molecule has 1 heterocycles. The molecule has 0 radical (unpaired) electrons. The van der Waals surface area contributed by atoms with Gasteiger partial charge >= 0.3 is 5.97 Å². The third kappa shape index (κ3) is 3.69. The lowest BCUT2D eigenvalue weighted by Crippen LogP contribution is -2.03. The van der Waals surface area contributed by atoms with E-state index in [4.69, 9.17) is 0 Å². The van der Waals surface area contributed by atoms with E-state index < -0.39 is 5.97 Å². The van der Waals surface area contributed by atoms with Gasteiger partial charge in [-0.25, -0.2) is 9.48 Å². The molecule has 0 atom stereocenters. The number of aromatic nitrogens is 2. The second-order valence-electron chi connectivity index (χ2n) is 4.90. The predicted molar refractivity (Wildman–Crippen MR) is 95.9 cm³/mol. The Kier molecular flexibility index (Phi) is 4.72. The molecule has 0 amide bonds. The highest BCUT2D eigenvalue weighted by atomic mass is 79.9. The number of halogens is 1. The van der Waals surface area contributed by atoms with Gasteiger partial charge in [0, 0.05) is 16.2 Å². The minimum atomic E-state index is -1.10. The zero-order valence-electron chi connectivity index (χ0n) is 12.4. The fraction of sp³-hybridized carbons (Fsp3) is 0. The maximum absolute atomic E-state index is 11.4. The van der Waals surface area contributed by atoms with Crippen molar-refractivity contribution in [1.82, 2.24) is 9.78 Å². The SMILES string of the molecule is O=C(O)c1nn(-c2ccc(Br)cc2)cc1/C=N/Nc1ccccc1. The lowest BCUT2D eigenvalue weighted by molar-refractivity contribution is 0.0690. The number of benzene rings is 2. The molecule has 2 N–H and O–H groups in total. The molecule has 2 aromatic carbocycles. The number of aromatic carboxylic acids is 1. The topological polar surface area (TPSA) is 79.5 Å². The van der Waals surface area contributed by atoms with Crippen molar-refractivity contribution in [2.45, 2.75) is 0 Å². The molecule has 7 heteroatoms. The van der Waals surface area contributed by atoms with Crippen LogP contribution in [0.3, 0.4) is 0 Å². The molecular formula is C17H13BrN4O2. The van der Waals surface area contributed by atoms with Crippen LogP contribution in [0.25, 0.3) is 5.69 Å². The van der Waals surface area contributed by atoms with Gasteiger partial charge in [-0.05, 0) is 36.4 Å². The van der Waals surface area contributed by atoms with Crippen LogP contribution in [0.15, 0.2) is 70.4 Å². The van der Waals surface area contributed by atoms with Crippen molar-refractivity contribution in [3.8, 4) is 5.69 Å². The number of hydrogen-bond donors (Lipinski definition) is 2. The summed E-state index contributed by atoms with van der Waals surface area (Å²) in [6, 6.07) is 16.8. The van der Waals surface area contributed by atoms with Crippen molar-refractivity contribution < 1.29 is 9.90 Å². The Bertz CT molecular complexity index is 873. The van der Waals surface area contributed by atoms with E-state index in [-0.39, 0.29) is 5.69 Å². The first-order valence-electron chi connectivity index (χ1n) is 7.06. The first-order chi connectivity index (χ1) is 11.6. The van der Waals surface area contributed by atoms with Crippen molar-refractivity contribution in [2.75, 3.05) is 5.43 Å². The highest BCUT2D eigenvalue weighted by Crippen LogP contribution is 2.15. The van der Waals surface area contributed by atoms with Gasteiger partial charge in [0.25, 0.3) is 0 Å². The molecule has 0 aliphatic heterocycles. The number of nitrogens with one attached hydrogen (secondary N) is 1. The highest BCUT2D eigenvalue weighted by molar-refractivity contribution is 9.10. The van der Waals surface area contributed by atoms with Crippen LogP contribution in [0.1, 0.15) is 16.1 Å². The van der Waals surface area contributed by atoms with Crippen LogP contribution < -0.4 is 5.43 Å². The number of hydrazone groups is 1. The summed E-state index contributed by atoms with van der Waals surface area (Å²) in [6.45, 7) is 0. The van der Waals surface area contributed by atoms with Crippen molar-refractivity contribution >= 4 is 33.8 Å². The Labute approximate surface area is 146 Å². The van der Waals surface area contributed by atoms with Gasteiger partial charge in [-0.3, -0.25) is 5.43 Å². The molecule has 120 valence electrons. The van der Waals surface area contributed by atoms with Gasteiger partial charge in [0.2, 0.25) is 0 Å². The lowest BCUT2D eigenvalue weighted by Gasteiger charge is -2.00. The molecule has 0 saturated carbocycles. The van der Waals surface area contributed by atoms with Gasteiger partial charge < -0.3 is 5.11 Å². The van der Waals surface area contributed by atoms with Crippen LogP contribution >= 0.6 is 15.9 Å². The average molecular weight is 385 g/mol. The molecule has 0 saturated heterocycles. The largest absolute Gasteiger partial charge is 0.476 e. The number of nitrogens with zero attached hydrogens (tertiary/aromatic N) is 3. The standard InChI is InChI=1S/C17H13BrN4O2/c18-13-6-8-15(9-7-13)22-11-12(16(21-22)17(23)24)10-19-20-14-4-2-1-3-5-14/h1-11,20H,(H,23,24)/b19-10+. The molecule has 0 aliphatic rings. The number of carbonyl (C=O) groups is 1. The second kappa shape index (κ2) is 7.10. The Morgan fingerprint density at radius 3 is 2.54 bits per heavy atom. The third-order valence-electron chi connectivity index (χ3n) is 3.21. The minimum Gasteiger partial charge on any atom is -0.476 e. The van der Waals surface area contributed by atoms with Crippen LogP contribution in [0.4, 0.5) is 5.69 Å². The summed E-state index contributed by atoms with van der Waals surface area (Å²) in [6.07, 6.45) is 3.07. The molecule has 3 aromatic rings. The first kappa shape index (κ1) is 15.9. The molecule has 24 heavy (non-hydrogen) atoms. The molecular weight excluding hydrogens is 372 g/mol. The monoisotopic (exact) mass is 384 g/mol. The molecule has 3 rings (SSSR count). The maximum Gasteiger partial charge on any atom is 0.357 e. The highest BCUT2D eigenvalue weighted by Gasteiger charge is 2.15. The van der Waals surface area contributed by atoms with E-state index in [1.165, 1.54) is 10.9 Å². The van der Waals surface area contributed by atoms with E-state index in [1.807, 2.05) is 54.6 Å². The summed E-state index contributed by atoms with van der Waals surface area (Å²) in [7, 11) is 0. The first-order valence-corrected chi connectivity index (χ1v) is 7.86. The number of carboxylic acids is 1. The van der Waals surface area contributed by atoms with E-state index in [9.17, 15) is 9.90 Å². The second-order valence-corrected chi connectivity index (χ2v) is 5.81. The van der Waals surface area contributed by atoms with Gasteiger partial charge in [-0.1, -0.05) is 34.1 Å². The smallest absolute Gasteiger partial charge is 0.357 e. The van der Waals surface area contributed by atoms with Crippen molar-refractivity contribution in [3.63, 3.8) is 0 Å². The Balaban J connectivity index is 1.86. The fourth-order valence-corrected chi connectivity index (χ4v) is 2.33. The van der Waals surface area contributed by atoms with Crippen molar-refractivity contribution in [2.24, 2.45) is 5.10 Å². The van der Waals surface area contributed by atoms with E-state index in [0.29, 0.717) is 5.56 Å². The molecule has 0 fully saturated rings. The zero-order chi connectivity index (χ0) is 16.9. The normalized spacial score (nSPS) is 10.9. The number of anilines is 1. The fourth-order valence-electron chi connectivity index (χ4n) is 2.06. The third-order valence-corrected chi connectivity index (χ3v) is 3.74. The molecule has 0 unspecified atom stereocenters. The zero-order valence-corrected chi connectivity index (χ0v) is 14.0. The summed E-state index contributed by atoms with van der Waals surface area (Å²) < 4.78 is 2.45. The number of rotatable bonds is 5. The summed E-state index contributed by atoms with van der Waals surface area (Å²) in [5.74, 6) is -1.10. The van der Waals surface area contributed by atoms with Gasteiger partial charge in [-0.2, -0.15) is 10.2 Å². The van der Waals surface area contributed by atoms with Crippen LogP contribution in [0.5, 0.6) is 0 Å². The number of carboxylic acid groups (broad SMARTS) is 1. The van der Waals surface area contributed by atoms with Crippen molar-refractivity contribution in [3.05, 3.63) is 76.5 Å². The molecule has 1 aromatic heterocycles. The summed E-state index contributed by atoms with van der Waals surface area (Å²) in [5, 5.41) is 17.5. The molecule has 0 aliphatic carbocycles. The molecule has 0 bridgehead atoms. The number of hydrogen-bond acceptors (Lipinski definition) is 4. The summed E-state index contributed by atoms with van der Waals surface area (Å²) >= 11 is 3.36. The Morgan fingerprint density at radius 1 is 1.17 bits per heavy atom. The van der Waals surface area contributed by atoms with Crippen molar-refractivity contribution in [1.29, 1.82) is 0 Å². The summed E-state index contributed by atoms with van der Waals surface area (Å²) in [5.41, 5.74) is 4.77. The number of para-hydroxylation sites is 1. The van der Waals surface area contributed by atoms with E-state index in [2.05, 4.69) is 31.6 Å². The van der Waals surface area contributed by atoms with Gasteiger partial charge in [0.15, 0.2) is 5.69 Å². The van der Waals surface area contributed by atoms with Gasteiger partial charge in [0.1, 0.15) is 0 Å². The van der Waals surface area contributed by atoms with Crippen LogP contribution in [-0.4, -0.2) is 27.1 Å². The van der Waals surface area contributed by atoms with Crippen LogP contribution in [0.2, 0.25) is 0 Å². The quantitative estimate of drug-likeness (QED) is 0.518. The maximum atomic E-state index is 11.4. The average Bonchev–Trinajstić information content (AvgIpc) is 3.01. The van der Waals surface area contributed by atoms with Gasteiger partial charge in [-0.15, -0.1) is 0 Å². The molecule has 6 nitrogen and oxygen atoms in total. The minimum absolute atomic E-state index is 0.0588. The Hall–Kier alpha value is -2.93. The van der Waals surface area contributed by atoms with E-state index in [0.717, 1.165) is 15.8 Å². The van der Waals surface area contributed by atoms with E-state index >= 15 is 0 Å². The van der Waals surface area contributed by atoms with Gasteiger partial charge in [0.05, 0.1) is 17.6 Å². The lowest BCUT2D eigenvalue weighted by atomic mass is 10.2. The van der Waals surface area contributed by atoms with Crippen LogP contribution in [0, 0.1) is 0 Å². The molecule has 0 spiro atoms. The summed E-state index contributed by atoms with van der Waals surface area (Å²) in [4.78, 5) is 11.4. The van der Waals surface area contributed by atoms with Crippen LogP contribution in [-0.2, 0) is 0 Å². The Morgan fingerprint density at radius 2 is 1.88 bits per heavy atom.